The highest BCUT2D eigenvalue weighted by atomic mass is 19.4. The van der Waals surface area contributed by atoms with Crippen molar-refractivity contribution in [1.82, 2.24) is 0 Å². The molecule has 0 saturated heterocycles. The summed E-state index contributed by atoms with van der Waals surface area (Å²) in [6, 6.07) is 4.93. The van der Waals surface area contributed by atoms with Crippen molar-refractivity contribution in [2.24, 2.45) is 22.5 Å². The second-order valence-electron chi connectivity index (χ2n) is 4.68. The molecule has 0 aliphatic carbocycles. The van der Waals surface area contributed by atoms with E-state index < -0.39 is 42.6 Å². The molecule has 26 heavy (non-hydrogen) atoms. The highest BCUT2D eigenvalue weighted by Crippen LogP contribution is 2.40. The lowest BCUT2D eigenvalue weighted by atomic mass is 10.1. The number of carbonyl (C=O) groups is 2. The molecule has 0 aliphatic heterocycles. The third kappa shape index (κ3) is 6.14. The number of benzene rings is 1. The van der Waals surface area contributed by atoms with Gasteiger partial charge in [-0.05, 0) is 24.3 Å². The number of hydrogen-bond acceptors (Lipinski definition) is 5. The Bertz CT molecular complexity index is 671. The maximum absolute atomic E-state index is 12.3. The van der Waals surface area contributed by atoms with Crippen LogP contribution in [0.2, 0.25) is 0 Å². The van der Waals surface area contributed by atoms with Crippen LogP contribution in [0.15, 0.2) is 29.4 Å². The molecule has 4 N–H and O–H groups in total. The first-order valence-corrected chi connectivity index (χ1v) is 6.51. The summed E-state index contributed by atoms with van der Waals surface area (Å²) < 4.78 is 79.0. The summed E-state index contributed by atoms with van der Waals surface area (Å²) in [5, 5.41) is 2.78. The van der Waals surface area contributed by atoms with Gasteiger partial charge < -0.3 is 21.0 Å². The number of primary amides is 1. The molecule has 0 spiro atoms. The maximum Gasteiger partial charge on any atom is 0.411 e. The minimum Gasteiger partial charge on any atom is -0.484 e. The Kier molecular flexibility index (Phi) is 6.42. The third-order valence-corrected chi connectivity index (χ3v) is 2.66. The van der Waals surface area contributed by atoms with Crippen molar-refractivity contribution < 1.29 is 45.5 Å². The summed E-state index contributed by atoms with van der Waals surface area (Å²) in [5.74, 6) is -8.26. The molecular formula is C13H11F6N3O4. The smallest absolute Gasteiger partial charge is 0.411 e. The first-order chi connectivity index (χ1) is 11.8. The lowest BCUT2D eigenvalue weighted by Gasteiger charge is -2.19. The van der Waals surface area contributed by atoms with Crippen molar-refractivity contribution in [1.29, 1.82) is 0 Å². The first kappa shape index (κ1) is 21.1. The Hall–Kier alpha value is -2.99. The molecule has 7 nitrogen and oxygen atoms in total. The van der Waals surface area contributed by atoms with Crippen LogP contribution in [-0.4, -0.2) is 36.7 Å². The van der Waals surface area contributed by atoms with Crippen molar-refractivity contribution >= 4 is 17.7 Å². The van der Waals surface area contributed by atoms with Crippen LogP contribution in [0.3, 0.4) is 0 Å². The molecule has 0 aromatic heterocycles. The third-order valence-electron chi connectivity index (χ3n) is 2.66. The quantitative estimate of drug-likeness (QED) is 0.252. The predicted octanol–water partition coefficient (Wildman–Crippen LogP) is 1.46. The fourth-order valence-corrected chi connectivity index (χ4v) is 1.53. The van der Waals surface area contributed by atoms with Crippen LogP contribution in [0.4, 0.5) is 26.3 Å². The predicted molar refractivity (Wildman–Crippen MR) is 73.5 cm³/mol. The van der Waals surface area contributed by atoms with Crippen molar-refractivity contribution in [3.05, 3.63) is 29.8 Å². The fraction of sp³-hybridized carbons (Fsp3) is 0.308. The summed E-state index contributed by atoms with van der Waals surface area (Å²) in [4.78, 5) is 25.3. The molecule has 0 fully saturated rings. The van der Waals surface area contributed by atoms with Gasteiger partial charge in [0.25, 0.3) is 5.91 Å². The number of rotatable bonds is 6. The molecule has 0 bridgehead atoms. The molecule has 0 atom stereocenters. The van der Waals surface area contributed by atoms with Gasteiger partial charge in [0.05, 0.1) is 0 Å². The molecule has 1 aromatic carbocycles. The Morgan fingerprint density at radius 3 is 1.92 bits per heavy atom. The zero-order valence-corrected chi connectivity index (χ0v) is 12.6. The van der Waals surface area contributed by atoms with Gasteiger partial charge in [0, 0.05) is 5.56 Å². The molecule has 0 unspecified atom stereocenters. The van der Waals surface area contributed by atoms with E-state index in [-0.39, 0.29) is 11.3 Å². The SMILES string of the molecule is NC(=O)COc1ccc(/C(N)=N/OC(=O)C(C(F)(F)F)C(F)(F)F)cc1. The minimum absolute atomic E-state index is 0.000192. The lowest BCUT2D eigenvalue weighted by Crippen LogP contribution is -2.43. The number of ether oxygens (including phenoxy) is 1. The van der Waals surface area contributed by atoms with E-state index in [2.05, 4.69) is 9.99 Å². The van der Waals surface area contributed by atoms with Gasteiger partial charge in [0.15, 0.2) is 12.4 Å². The average molecular weight is 387 g/mol. The number of carbonyl (C=O) groups excluding carboxylic acids is 2. The van der Waals surface area contributed by atoms with Gasteiger partial charge in [-0.3, -0.25) is 4.79 Å². The number of amides is 1. The summed E-state index contributed by atoms with van der Waals surface area (Å²) in [6.07, 6.45) is -11.8. The zero-order valence-electron chi connectivity index (χ0n) is 12.6. The Labute approximate surface area is 141 Å². The van der Waals surface area contributed by atoms with E-state index >= 15 is 0 Å². The van der Waals surface area contributed by atoms with E-state index in [9.17, 15) is 35.9 Å². The number of hydrogen-bond donors (Lipinski definition) is 2. The molecule has 1 rings (SSSR count). The molecule has 13 heteroatoms. The molecule has 0 saturated carbocycles. The Balaban J connectivity index is 2.84. The van der Waals surface area contributed by atoms with Crippen molar-refractivity contribution in [3.8, 4) is 5.75 Å². The van der Waals surface area contributed by atoms with E-state index in [1.54, 1.807) is 0 Å². The van der Waals surface area contributed by atoms with Gasteiger partial charge in [-0.15, -0.1) is 0 Å². The summed E-state index contributed by atoms with van der Waals surface area (Å²) in [6.45, 7) is -0.420. The Morgan fingerprint density at radius 1 is 1.00 bits per heavy atom. The zero-order chi connectivity index (χ0) is 20.1. The van der Waals surface area contributed by atoms with Crippen molar-refractivity contribution in [3.63, 3.8) is 0 Å². The van der Waals surface area contributed by atoms with Crippen molar-refractivity contribution in [2.75, 3.05) is 6.61 Å². The Morgan fingerprint density at radius 2 is 1.50 bits per heavy atom. The van der Waals surface area contributed by atoms with Crippen LogP contribution in [0.1, 0.15) is 5.56 Å². The van der Waals surface area contributed by atoms with Gasteiger partial charge in [0.1, 0.15) is 5.75 Å². The fourth-order valence-electron chi connectivity index (χ4n) is 1.53. The van der Waals surface area contributed by atoms with Crippen LogP contribution < -0.4 is 16.2 Å². The number of amidine groups is 1. The largest absolute Gasteiger partial charge is 0.484 e. The summed E-state index contributed by atoms with van der Waals surface area (Å²) >= 11 is 0. The molecular weight excluding hydrogens is 376 g/mol. The average Bonchev–Trinajstić information content (AvgIpc) is 2.48. The summed E-state index contributed by atoms with van der Waals surface area (Å²) in [7, 11) is 0. The topological polar surface area (TPSA) is 117 Å². The lowest BCUT2D eigenvalue weighted by molar-refractivity contribution is -0.282. The molecule has 0 radical (unpaired) electrons. The summed E-state index contributed by atoms with van der Waals surface area (Å²) in [5.41, 5.74) is 10.2. The second kappa shape index (κ2) is 7.93. The molecule has 1 aromatic rings. The first-order valence-electron chi connectivity index (χ1n) is 6.51. The van der Waals surface area contributed by atoms with E-state index in [0.29, 0.717) is 0 Å². The molecule has 0 heterocycles. The van der Waals surface area contributed by atoms with E-state index in [0.717, 1.165) is 0 Å². The van der Waals surface area contributed by atoms with Crippen LogP contribution in [0, 0.1) is 5.92 Å². The second-order valence-corrected chi connectivity index (χ2v) is 4.68. The van der Waals surface area contributed by atoms with Crippen molar-refractivity contribution in [2.45, 2.75) is 12.4 Å². The van der Waals surface area contributed by atoms with Crippen LogP contribution in [0.5, 0.6) is 5.75 Å². The monoisotopic (exact) mass is 387 g/mol. The minimum atomic E-state index is -5.90. The van der Waals surface area contributed by atoms with Gasteiger partial charge in [-0.1, -0.05) is 5.16 Å². The maximum atomic E-state index is 12.3. The number of halogens is 6. The number of nitrogens with two attached hydrogens (primary N) is 2. The van der Waals surface area contributed by atoms with Crippen LogP contribution >= 0.6 is 0 Å². The highest BCUT2D eigenvalue weighted by Gasteiger charge is 2.62. The molecule has 144 valence electrons. The number of nitrogens with zero attached hydrogens (tertiary/aromatic N) is 1. The van der Waals surface area contributed by atoms with Crippen LogP contribution in [-0.2, 0) is 14.4 Å². The van der Waals surface area contributed by atoms with Gasteiger partial charge in [0.2, 0.25) is 5.92 Å². The van der Waals surface area contributed by atoms with Crippen LogP contribution in [0.25, 0.3) is 0 Å². The number of alkyl halides is 6. The van der Waals surface area contributed by atoms with Gasteiger partial charge in [-0.25, -0.2) is 4.79 Å². The standard InChI is InChI=1S/C13H11F6N3O4/c14-12(15,16)9(13(17,18)19)11(24)26-22-10(21)6-1-3-7(4-2-6)25-5-8(20)23/h1-4,9H,5H2,(H2,20,23)(H2,21,22). The van der Waals surface area contributed by atoms with Gasteiger partial charge >= 0.3 is 18.3 Å². The molecule has 1 amide bonds. The van der Waals surface area contributed by atoms with E-state index in [1.807, 2.05) is 0 Å². The highest BCUT2D eigenvalue weighted by molar-refractivity contribution is 5.97. The van der Waals surface area contributed by atoms with E-state index in [1.165, 1.54) is 24.3 Å². The molecule has 0 aliphatic rings. The normalized spacial score (nSPS) is 12.8. The van der Waals surface area contributed by atoms with Gasteiger partial charge in [-0.2, -0.15) is 26.3 Å². The van der Waals surface area contributed by atoms with E-state index in [4.69, 9.17) is 16.2 Å². The number of oxime groups is 1.